The Labute approximate surface area is 71.7 Å². The third kappa shape index (κ3) is 0.998. The highest BCUT2D eigenvalue weighted by molar-refractivity contribution is 5.80. The van der Waals surface area contributed by atoms with Crippen LogP contribution in [0.3, 0.4) is 0 Å². The van der Waals surface area contributed by atoms with Gasteiger partial charge in [-0.3, -0.25) is 0 Å². The Morgan fingerprint density at radius 3 is 3.08 bits per heavy atom. The Morgan fingerprint density at radius 2 is 2.33 bits per heavy atom. The smallest absolute Gasteiger partial charge is 0.127 e. The van der Waals surface area contributed by atoms with Crippen molar-refractivity contribution in [2.75, 3.05) is 0 Å². The predicted octanol–water partition coefficient (Wildman–Crippen LogP) is 3.12. The summed E-state index contributed by atoms with van der Waals surface area (Å²) in [5.41, 5.74) is 1.78. The van der Waals surface area contributed by atoms with Gasteiger partial charge in [0.15, 0.2) is 0 Å². The van der Waals surface area contributed by atoms with Crippen molar-refractivity contribution in [1.82, 2.24) is 4.98 Å². The Morgan fingerprint density at radius 1 is 1.50 bits per heavy atom. The van der Waals surface area contributed by atoms with Crippen LogP contribution in [0.15, 0.2) is 24.4 Å². The maximum absolute atomic E-state index is 13.2. The van der Waals surface area contributed by atoms with Crippen LogP contribution in [0.25, 0.3) is 10.9 Å². The average molecular weight is 165 g/mol. The molecule has 0 saturated carbocycles. The fourth-order valence-electron chi connectivity index (χ4n) is 1.39. The zero-order valence-electron chi connectivity index (χ0n) is 6.89. The van der Waals surface area contributed by atoms with Crippen LogP contribution in [0.5, 0.6) is 0 Å². The average Bonchev–Trinajstić information content (AvgIpc) is 2.49. The van der Waals surface area contributed by atoms with E-state index in [0.29, 0.717) is 0 Å². The number of aromatic nitrogens is 1. The van der Waals surface area contributed by atoms with E-state index in [-0.39, 0.29) is 7.24 Å². The molecule has 0 amide bonds. The largest absolute Gasteiger partial charge is 0.361 e. The molecule has 0 atom stereocenters. The second kappa shape index (κ2) is 2.63. The summed E-state index contributed by atoms with van der Waals surface area (Å²) in [7, 11) is 0. The lowest BCUT2D eigenvalue weighted by atomic mass is 10.1. The van der Waals surface area contributed by atoms with Crippen LogP contribution in [0.1, 0.15) is 13.9 Å². The van der Waals surface area contributed by atoms with Crippen LogP contribution in [-0.4, -0.2) is 4.98 Å². The molecule has 2 aromatic rings. The van der Waals surface area contributed by atoms with E-state index in [1.54, 1.807) is 6.07 Å². The van der Waals surface area contributed by atoms with Crippen LogP contribution in [0.2, 0.25) is 0 Å². The van der Waals surface area contributed by atoms with E-state index in [1.165, 1.54) is 0 Å². The van der Waals surface area contributed by atoms with Gasteiger partial charge < -0.3 is 4.98 Å². The number of aryl methyl sites for hydroxylation is 1. The number of hydrogen-bond donors (Lipinski definition) is 1. The number of aromatic amines is 1. The van der Waals surface area contributed by atoms with Crippen molar-refractivity contribution in [1.29, 1.82) is 0 Å². The maximum atomic E-state index is 13.2. The van der Waals surface area contributed by atoms with Gasteiger partial charge in [-0.25, -0.2) is 4.39 Å². The highest BCUT2D eigenvalue weighted by atomic mass is 19.1. The van der Waals surface area contributed by atoms with Gasteiger partial charge in [-0.05, 0) is 30.2 Å². The second-order valence-corrected chi connectivity index (χ2v) is 2.86. The summed E-state index contributed by atoms with van der Waals surface area (Å²) in [6, 6.07) is 5.31. The van der Waals surface area contributed by atoms with E-state index < -0.39 is 0 Å². The fraction of sp³-hybridized carbons (Fsp3) is 0.200. The molecule has 1 heterocycles. The maximum Gasteiger partial charge on any atom is 0.127 e. The molecule has 64 valence electrons. The molecule has 0 aliphatic carbocycles. The molecule has 0 unspecified atom stereocenters. The topological polar surface area (TPSA) is 15.8 Å². The van der Waals surface area contributed by atoms with Crippen LogP contribution in [0, 0.1) is 5.82 Å². The first-order valence-electron chi connectivity index (χ1n) is 4.07. The molecule has 1 aromatic heterocycles. The van der Waals surface area contributed by atoms with Crippen molar-refractivity contribution in [3.8, 4) is 0 Å². The minimum Gasteiger partial charge on any atom is -0.361 e. The summed E-state index contributed by atoms with van der Waals surface area (Å²) in [6.07, 6.45) is 2.56. The quantitative estimate of drug-likeness (QED) is 0.668. The number of benzene rings is 1. The Kier molecular flexibility index (Phi) is 1.61. The van der Waals surface area contributed by atoms with E-state index in [4.69, 9.17) is 0 Å². The molecule has 0 fully saturated rings. The van der Waals surface area contributed by atoms with Crippen LogP contribution < -0.4 is 0 Å². The highest BCUT2D eigenvalue weighted by Gasteiger charge is 2.02. The number of fused-ring (bicyclic) bond motifs is 1. The summed E-state index contributed by atoms with van der Waals surface area (Å²) in [4.78, 5) is 3.05. The molecule has 0 radical (unpaired) electrons. The van der Waals surface area contributed by atoms with E-state index in [0.717, 1.165) is 22.9 Å². The van der Waals surface area contributed by atoms with Crippen LogP contribution in [-0.2, 0) is 6.42 Å². The van der Waals surface area contributed by atoms with Gasteiger partial charge in [-0.15, -0.1) is 0 Å². The minimum absolute atomic E-state index is 0. The molecule has 1 aromatic carbocycles. The molecule has 0 saturated heterocycles. The lowest BCUT2D eigenvalue weighted by molar-refractivity contribution is 0.614. The van der Waals surface area contributed by atoms with Gasteiger partial charge in [0.1, 0.15) is 5.82 Å². The van der Waals surface area contributed by atoms with Crippen molar-refractivity contribution < 1.29 is 5.82 Å². The van der Waals surface area contributed by atoms with E-state index >= 15 is 0 Å². The molecule has 12 heavy (non-hydrogen) atoms. The van der Waals surface area contributed by atoms with Crippen molar-refractivity contribution in [3.05, 3.63) is 35.8 Å². The number of H-pyrrole nitrogens is 1. The van der Waals surface area contributed by atoms with Gasteiger partial charge in [0, 0.05) is 18.5 Å². The molecule has 0 spiro atoms. The normalized spacial score (nSPS) is 10.8. The Hall–Kier alpha value is -1.31. The molecule has 0 aliphatic rings. The first-order valence-corrected chi connectivity index (χ1v) is 4.07. The number of rotatable bonds is 1. The number of hydrogen-bond acceptors (Lipinski definition) is 0. The van der Waals surface area contributed by atoms with E-state index in [9.17, 15) is 4.39 Å². The van der Waals surface area contributed by atoms with Gasteiger partial charge in [-0.1, -0.05) is 6.92 Å². The first kappa shape index (κ1) is 7.35. The lowest BCUT2D eigenvalue weighted by Gasteiger charge is -1.98. The summed E-state index contributed by atoms with van der Waals surface area (Å²) < 4.78 is 13.2. The third-order valence-corrected chi connectivity index (χ3v) is 2.10. The highest BCUT2D eigenvalue weighted by Crippen LogP contribution is 2.17. The van der Waals surface area contributed by atoms with Crippen molar-refractivity contribution in [2.45, 2.75) is 13.3 Å². The van der Waals surface area contributed by atoms with Crippen molar-refractivity contribution >= 4 is 10.9 Å². The van der Waals surface area contributed by atoms with Crippen LogP contribution in [0.4, 0.5) is 4.39 Å². The summed E-state index contributed by atoms with van der Waals surface area (Å²) >= 11 is 0. The Bertz CT molecular complexity index is 408. The monoisotopic (exact) mass is 165 g/mol. The summed E-state index contributed by atoms with van der Waals surface area (Å²) in [5.74, 6) is -0.107. The standard InChI is InChI=1S/C10H10FN.H2/c1-2-7-6-10-8(3-4-12-10)5-9(7)11;/h3-6,12H,2H2,1H3;1H. The molecular weight excluding hydrogens is 153 g/mol. The van der Waals surface area contributed by atoms with E-state index in [1.807, 2.05) is 25.3 Å². The molecule has 0 aliphatic heterocycles. The molecule has 1 nitrogen and oxygen atoms in total. The fourth-order valence-corrected chi connectivity index (χ4v) is 1.39. The molecule has 1 N–H and O–H groups in total. The number of halogens is 1. The van der Waals surface area contributed by atoms with Crippen LogP contribution >= 0.6 is 0 Å². The van der Waals surface area contributed by atoms with Gasteiger partial charge in [0.25, 0.3) is 0 Å². The second-order valence-electron chi connectivity index (χ2n) is 2.86. The Balaban J connectivity index is 0.000000845. The molecule has 2 heteroatoms. The van der Waals surface area contributed by atoms with Gasteiger partial charge in [0.2, 0.25) is 0 Å². The lowest BCUT2D eigenvalue weighted by Crippen LogP contribution is -1.86. The minimum atomic E-state index is -0.107. The summed E-state index contributed by atoms with van der Waals surface area (Å²) in [6.45, 7) is 1.95. The third-order valence-electron chi connectivity index (χ3n) is 2.10. The first-order chi connectivity index (χ1) is 5.81. The van der Waals surface area contributed by atoms with Crippen molar-refractivity contribution in [2.24, 2.45) is 0 Å². The zero-order valence-corrected chi connectivity index (χ0v) is 6.89. The van der Waals surface area contributed by atoms with Gasteiger partial charge >= 0.3 is 0 Å². The zero-order chi connectivity index (χ0) is 8.55. The van der Waals surface area contributed by atoms with E-state index in [2.05, 4.69) is 4.98 Å². The SMILES string of the molecule is CCc1cc2[nH]ccc2cc1F.[HH]. The molecular formula is C10H12FN. The summed E-state index contributed by atoms with van der Waals surface area (Å²) in [5, 5.41) is 0.935. The van der Waals surface area contributed by atoms with Gasteiger partial charge in [0.05, 0.1) is 0 Å². The predicted molar refractivity (Wildman–Crippen MR) is 49.7 cm³/mol. The van der Waals surface area contributed by atoms with Crippen molar-refractivity contribution in [3.63, 3.8) is 0 Å². The number of nitrogens with one attached hydrogen (secondary N) is 1. The molecule has 2 rings (SSSR count). The van der Waals surface area contributed by atoms with Gasteiger partial charge in [-0.2, -0.15) is 0 Å². The molecule has 0 bridgehead atoms.